The fraction of sp³-hybridized carbons (Fsp3) is 0.636. The van der Waals surface area contributed by atoms with Crippen LogP contribution in [0.2, 0.25) is 0 Å². The molecule has 2 amide bonds. The van der Waals surface area contributed by atoms with Crippen molar-refractivity contribution in [3.8, 4) is 11.5 Å². The van der Waals surface area contributed by atoms with E-state index >= 15 is 0 Å². The number of hydrogen-bond acceptors (Lipinski definition) is 8. The quantitative estimate of drug-likeness (QED) is 0.375. The number of nitrogens with zero attached hydrogens (tertiary/aromatic N) is 4. The molecule has 0 radical (unpaired) electrons. The Morgan fingerprint density at radius 3 is 2.39 bits per heavy atom. The number of rotatable bonds is 8. The van der Waals surface area contributed by atoms with Gasteiger partial charge in [-0.1, -0.05) is 20.8 Å². The fourth-order valence-electron chi connectivity index (χ4n) is 6.35. The Labute approximate surface area is 260 Å². The third-order valence-corrected chi connectivity index (χ3v) is 8.64. The van der Waals surface area contributed by atoms with Crippen LogP contribution >= 0.6 is 0 Å². The SMILES string of the molecule is CC(C)(C)OC(=O)NC1CCC(CCN2CC3(C2)CN(c2ncncc2Oc2ccc(F)cc2NC(=O)C(C)(C)C)C3)CC1. The lowest BCUT2D eigenvalue weighted by molar-refractivity contribution is -0.123. The molecular weight excluding hydrogens is 563 g/mol. The molecule has 3 aliphatic rings. The molecule has 44 heavy (non-hydrogen) atoms. The van der Waals surface area contributed by atoms with Crippen LogP contribution in [-0.4, -0.2) is 71.2 Å². The van der Waals surface area contributed by atoms with Gasteiger partial charge in [-0.3, -0.25) is 4.79 Å². The summed E-state index contributed by atoms with van der Waals surface area (Å²) in [5, 5.41) is 5.83. The molecule has 2 N–H and O–H groups in total. The first kappa shape index (κ1) is 31.9. The molecule has 0 unspecified atom stereocenters. The van der Waals surface area contributed by atoms with Crippen molar-refractivity contribution in [2.75, 3.05) is 42.9 Å². The van der Waals surface area contributed by atoms with Crippen molar-refractivity contribution >= 4 is 23.5 Å². The van der Waals surface area contributed by atoms with Crippen LogP contribution in [0.3, 0.4) is 0 Å². The van der Waals surface area contributed by atoms with Gasteiger partial charge in [0.25, 0.3) is 0 Å². The number of hydrogen-bond donors (Lipinski definition) is 2. The summed E-state index contributed by atoms with van der Waals surface area (Å²) in [5.74, 6) is 1.49. The Hall–Kier alpha value is -3.47. The van der Waals surface area contributed by atoms with E-state index in [9.17, 15) is 14.0 Å². The van der Waals surface area contributed by atoms with E-state index in [1.165, 1.54) is 30.9 Å². The van der Waals surface area contributed by atoms with E-state index in [4.69, 9.17) is 9.47 Å². The van der Waals surface area contributed by atoms with Crippen LogP contribution in [0.1, 0.15) is 73.6 Å². The monoisotopic (exact) mass is 610 g/mol. The first-order chi connectivity index (χ1) is 20.7. The van der Waals surface area contributed by atoms with E-state index in [0.29, 0.717) is 23.2 Å². The molecule has 3 fully saturated rings. The van der Waals surface area contributed by atoms with Gasteiger partial charge in [-0.05, 0) is 77.5 Å². The van der Waals surface area contributed by atoms with Crippen molar-refractivity contribution in [3.63, 3.8) is 0 Å². The molecule has 0 atom stereocenters. The highest BCUT2D eigenvalue weighted by molar-refractivity contribution is 5.95. The Morgan fingerprint density at radius 1 is 1.02 bits per heavy atom. The van der Waals surface area contributed by atoms with Gasteiger partial charge in [-0.15, -0.1) is 0 Å². The minimum absolute atomic E-state index is 0.210. The lowest BCUT2D eigenvalue weighted by atomic mass is 9.72. The van der Waals surface area contributed by atoms with Crippen LogP contribution in [0.4, 0.5) is 20.7 Å². The summed E-state index contributed by atoms with van der Waals surface area (Å²) in [4.78, 5) is 38.1. The number of alkyl carbamates (subject to hydrolysis) is 1. The number of anilines is 2. The van der Waals surface area contributed by atoms with E-state index in [0.717, 1.165) is 58.4 Å². The summed E-state index contributed by atoms with van der Waals surface area (Å²) >= 11 is 0. The molecule has 5 rings (SSSR count). The van der Waals surface area contributed by atoms with Crippen LogP contribution in [0, 0.1) is 22.6 Å². The van der Waals surface area contributed by atoms with E-state index in [2.05, 4.69) is 30.4 Å². The van der Waals surface area contributed by atoms with Crippen LogP contribution in [0.15, 0.2) is 30.7 Å². The smallest absolute Gasteiger partial charge is 0.407 e. The summed E-state index contributed by atoms with van der Waals surface area (Å²) in [5.41, 5.74) is -0.590. The number of halogens is 1. The minimum atomic E-state index is -0.645. The molecule has 3 heterocycles. The molecular formula is C33H47FN6O4. The third kappa shape index (κ3) is 7.97. The van der Waals surface area contributed by atoms with Crippen molar-refractivity contribution < 1.29 is 23.5 Å². The van der Waals surface area contributed by atoms with Gasteiger partial charge in [0.05, 0.1) is 11.9 Å². The van der Waals surface area contributed by atoms with Gasteiger partial charge >= 0.3 is 6.09 Å². The maximum Gasteiger partial charge on any atom is 0.407 e. The third-order valence-electron chi connectivity index (χ3n) is 8.64. The molecule has 240 valence electrons. The summed E-state index contributed by atoms with van der Waals surface area (Å²) in [6, 6.07) is 4.29. The lowest BCUT2D eigenvalue weighted by Crippen LogP contribution is -2.72. The fourth-order valence-corrected chi connectivity index (χ4v) is 6.35. The van der Waals surface area contributed by atoms with E-state index in [1.54, 1.807) is 27.0 Å². The van der Waals surface area contributed by atoms with Crippen LogP contribution in [-0.2, 0) is 9.53 Å². The van der Waals surface area contributed by atoms with Crippen molar-refractivity contribution in [3.05, 3.63) is 36.5 Å². The van der Waals surface area contributed by atoms with Gasteiger partial charge in [0.2, 0.25) is 5.91 Å². The molecule has 10 nitrogen and oxygen atoms in total. The molecule has 2 saturated heterocycles. The Bertz CT molecular complexity index is 1330. The standard InChI is InChI=1S/C33H47FN6O4/c1-31(2,3)29(41)38-25-15-23(34)9-12-26(25)43-27-16-35-21-36-28(27)40-19-33(20-40)17-39(18-33)14-13-22-7-10-24(11-8-22)37-30(42)44-32(4,5)6/h9,12,15-16,21-22,24H,7-8,10-11,13-14,17-20H2,1-6H3,(H,37,42)(H,38,41). The molecule has 1 aliphatic carbocycles. The highest BCUT2D eigenvalue weighted by Gasteiger charge is 2.52. The number of likely N-dealkylation sites (tertiary alicyclic amines) is 1. The van der Waals surface area contributed by atoms with Gasteiger partial charge in [-0.2, -0.15) is 0 Å². The molecule has 2 aromatic rings. The second-order valence-corrected chi connectivity index (χ2v) is 14.9. The normalized spacial score (nSPS) is 21.7. The lowest BCUT2D eigenvalue weighted by Gasteiger charge is -2.61. The highest BCUT2D eigenvalue weighted by Crippen LogP contribution is 2.45. The molecule has 0 bridgehead atoms. The number of carbonyl (C=O) groups is 2. The average molecular weight is 611 g/mol. The van der Waals surface area contributed by atoms with Crippen LogP contribution < -0.4 is 20.3 Å². The number of benzene rings is 1. The van der Waals surface area contributed by atoms with Crippen molar-refractivity contribution in [2.45, 2.75) is 85.3 Å². The summed E-state index contributed by atoms with van der Waals surface area (Å²) in [6.07, 6.45) is 8.28. The molecule has 1 spiro atoms. The van der Waals surface area contributed by atoms with Crippen molar-refractivity contribution in [1.29, 1.82) is 0 Å². The number of aromatic nitrogens is 2. The van der Waals surface area contributed by atoms with Gasteiger partial charge in [-0.25, -0.2) is 19.2 Å². The molecule has 1 aromatic heterocycles. The summed E-state index contributed by atoms with van der Waals surface area (Å²) < 4.78 is 25.6. The summed E-state index contributed by atoms with van der Waals surface area (Å²) in [7, 11) is 0. The number of nitrogens with one attached hydrogen (secondary N) is 2. The minimum Gasteiger partial charge on any atom is -0.450 e. The maximum absolute atomic E-state index is 14.1. The van der Waals surface area contributed by atoms with Gasteiger partial charge < -0.3 is 29.9 Å². The number of carbonyl (C=O) groups excluding carboxylic acids is 2. The largest absolute Gasteiger partial charge is 0.450 e. The topological polar surface area (TPSA) is 109 Å². The van der Waals surface area contributed by atoms with Crippen LogP contribution in [0.25, 0.3) is 0 Å². The van der Waals surface area contributed by atoms with Gasteiger partial charge in [0.15, 0.2) is 17.3 Å². The molecule has 1 aromatic carbocycles. The first-order valence-corrected chi connectivity index (χ1v) is 15.7. The van der Waals surface area contributed by atoms with E-state index < -0.39 is 16.8 Å². The van der Waals surface area contributed by atoms with Crippen LogP contribution in [0.5, 0.6) is 11.5 Å². The predicted octanol–water partition coefficient (Wildman–Crippen LogP) is 5.99. The number of amides is 2. The molecule has 2 aliphatic heterocycles. The zero-order valence-corrected chi connectivity index (χ0v) is 26.9. The maximum atomic E-state index is 14.1. The first-order valence-electron chi connectivity index (χ1n) is 15.7. The van der Waals surface area contributed by atoms with Gasteiger partial charge in [0, 0.05) is 49.1 Å². The van der Waals surface area contributed by atoms with Crippen molar-refractivity contribution in [1.82, 2.24) is 20.2 Å². The molecule has 1 saturated carbocycles. The Balaban J connectivity index is 1.08. The summed E-state index contributed by atoms with van der Waals surface area (Å²) in [6.45, 7) is 16.1. The predicted molar refractivity (Wildman–Crippen MR) is 167 cm³/mol. The van der Waals surface area contributed by atoms with E-state index in [1.807, 2.05) is 20.8 Å². The zero-order chi connectivity index (χ0) is 31.7. The second kappa shape index (κ2) is 12.5. The van der Waals surface area contributed by atoms with E-state index in [-0.39, 0.29) is 29.1 Å². The highest BCUT2D eigenvalue weighted by atomic mass is 19.1. The zero-order valence-electron chi connectivity index (χ0n) is 26.9. The Kier molecular flexibility index (Phi) is 9.07. The average Bonchev–Trinajstić information content (AvgIpc) is 2.88. The Morgan fingerprint density at radius 2 is 1.73 bits per heavy atom. The number of ether oxygens (including phenoxy) is 2. The second-order valence-electron chi connectivity index (χ2n) is 14.9. The van der Waals surface area contributed by atoms with Crippen molar-refractivity contribution in [2.24, 2.45) is 16.7 Å². The molecule has 11 heteroatoms. The van der Waals surface area contributed by atoms with Gasteiger partial charge in [0.1, 0.15) is 17.7 Å².